The van der Waals surface area contributed by atoms with Crippen molar-refractivity contribution in [2.24, 2.45) is 11.3 Å². The average Bonchev–Trinajstić information content (AvgIpc) is 2.90. The number of carboxylic acid groups (broad SMARTS) is 3. The van der Waals surface area contributed by atoms with Gasteiger partial charge < -0.3 is 20.4 Å². The van der Waals surface area contributed by atoms with Gasteiger partial charge in [0.1, 0.15) is 5.41 Å². The molecule has 0 fully saturated rings. The number of unbranched alkanes of at least 4 members (excludes halogenated alkanes) is 19. The first-order chi connectivity index (χ1) is 19.5. The van der Waals surface area contributed by atoms with Crippen LogP contribution in [0.15, 0.2) is 0 Å². The molecule has 0 aromatic heterocycles. The molecule has 2 unspecified atom stereocenters. The predicted molar refractivity (Wildman–Crippen MR) is 166 cm³/mol. The molecular formula is C34H64O7. The van der Waals surface area contributed by atoms with Crippen molar-refractivity contribution in [3.63, 3.8) is 0 Å². The molecule has 242 valence electrons. The van der Waals surface area contributed by atoms with E-state index < -0.39 is 35.3 Å². The number of aliphatic hydroxyl groups is 1. The molecule has 0 aliphatic carbocycles. The number of rotatable bonds is 30. The summed E-state index contributed by atoms with van der Waals surface area (Å²) >= 11 is 0. The second-order valence-corrected chi connectivity index (χ2v) is 12.9. The van der Waals surface area contributed by atoms with Crippen LogP contribution in [0.25, 0.3) is 0 Å². The Balaban J connectivity index is 4.75. The van der Waals surface area contributed by atoms with Crippen LogP contribution in [0.3, 0.4) is 0 Å². The lowest BCUT2D eigenvalue weighted by Crippen LogP contribution is -2.59. The first kappa shape index (κ1) is 39.4. The summed E-state index contributed by atoms with van der Waals surface area (Å²) in [6, 6.07) is 0. The summed E-state index contributed by atoms with van der Waals surface area (Å²) < 4.78 is 0. The monoisotopic (exact) mass is 584 g/mol. The van der Waals surface area contributed by atoms with Crippen molar-refractivity contribution < 1.29 is 34.8 Å². The van der Waals surface area contributed by atoms with E-state index in [9.17, 15) is 34.8 Å². The van der Waals surface area contributed by atoms with Gasteiger partial charge in [-0.25, -0.2) is 4.79 Å². The van der Waals surface area contributed by atoms with Crippen LogP contribution in [0, 0.1) is 11.3 Å². The zero-order valence-electron chi connectivity index (χ0n) is 26.8. The second kappa shape index (κ2) is 23.9. The molecule has 0 aromatic carbocycles. The second-order valence-electron chi connectivity index (χ2n) is 12.9. The lowest BCUT2D eigenvalue weighted by atomic mass is 9.64. The van der Waals surface area contributed by atoms with Crippen molar-refractivity contribution in [2.45, 2.75) is 187 Å². The van der Waals surface area contributed by atoms with Crippen molar-refractivity contribution in [3.05, 3.63) is 0 Å². The minimum Gasteiger partial charge on any atom is -0.481 e. The van der Waals surface area contributed by atoms with Gasteiger partial charge in [-0.15, -0.1) is 0 Å². The third-order valence-corrected chi connectivity index (χ3v) is 8.80. The van der Waals surface area contributed by atoms with Crippen LogP contribution < -0.4 is 0 Å². The van der Waals surface area contributed by atoms with E-state index in [4.69, 9.17) is 0 Å². The Kier molecular flexibility index (Phi) is 22.9. The minimum atomic E-state index is -2.85. The zero-order valence-corrected chi connectivity index (χ0v) is 26.8. The highest BCUT2D eigenvalue weighted by Crippen LogP contribution is 2.45. The van der Waals surface area contributed by atoms with Crippen LogP contribution >= 0.6 is 0 Å². The standard InChI is InChI=1S/C34H64O7/c1-4-5-6-7-8-9-10-11-12-13-14-17-20-23-26-33(31(37)38,34(41,32(39)40)28-30(35)36)27-24-21-18-15-16-19-22-25-29(2)3/h29,41H,4-28H2,1-3H3,(H,35,36)(H,37,38)(H,39,40). The third-order valence-electron chi connectivity index (χ3n) is 8.80. The molecule has 0 bridgehead atoms. The molecule has 0 spiro atoms. The van der Waals surface area contributed by atoms with Crippen LogP contribution in [-0.2, 0) is 14.4 Å². The molecule has 0 aromatic rings. The van der Waals surface area contributed by atoms with Crippen LogP contribution in [0.1, 0.15) is 181 Å². The van der Waals surface area contributed by atoms with Crippen LogP contribution in [0.4, 0.5) is 0 Å². The van der Waals surface area contributed by atoms with Crippen molar-refractivity contribution >= 4 is 17.9 Å². The van der Waals surface area contributed by atoms with E-state index in [1.807, 2.05) is 0 Å². The van der Waals surface area contributed by atoms with Gasteiger partial charge in [0.15, 0.2) is 5.60 Å². The number of hydrogen-bond acceptors (Lipinski definition) is 4. The Labute approximate surface area is 250 Å². The Morgan fingerprint density at radius 2 is 0.878 bits per heavy atom. The molecule has 0 saturated heterocycles. The summed E-state index contributed by atoms with van der Waals surface area (Å²) in [5, 5.41) is 40.6. The largest absolute Gasteiger partial charge is 0.481 e. The fraction of sp³-hybridized carbons (Fsp3) is 0.912. The molecule has 0 aliphatic heterocycles. The highest BCUT2D eigenvalue weighted by molar-refractivity contribution is 5.92. The van der Waals surface area contributed by atoms with E-state index in [0.717, 1.165) is 51.4 Å². The van der Waals surface area contributed by atoms with Crippen LogP contribution in [0.2, 0.25) is 0 Å². The molecule has 0 aliphatic rings. The molecule has 41 heavy (non-hydrogen) atoms. The van der Waals surface area contributed by atoms with Gasteiger partial charge in [0.25, 0.3) is 0 Å². The van der Waals surface area contributed by atoms with E-state index in [2.05, 4.69) is 20.8 Å². The smallest absolute Gasteiger partial charge is 0.337 e. The molecular weight excluding hydrogens is 520 g/mol. The van der Waals surface area contributed by atoms with Gasteiger partial charge in [0, 0.05) is 0 Å². The first-order valence-electron chi connectivity index (χ1n) is 16.9. The topological polar surface area (TPSA) is 132 Å². The third kappa shape index (κ3) is 17.2. The summed E-state index contributed by atoms with van der Waals surface area (Å²) in [5.41, 5.74) is -4.87. The quantitative estimate of drug-likeness (QED) is 0.0618. The molecule has 2 atom stereocenters. The Morgan fingerprint density at radius 3 is 1.17 bits per heavy atom. The first-order valence-corrected chi connectivity index (χ1v) is 16.9. The molecule has 0 radical (unpaired) electrons. The van der Waals surface area contributed by atoms with E-state index in [1.54, 1.807) is 0 Å². The van der Waals surface area contributed by atoms with Gasteiger partial charge in [-0.3, -0.25) is 9.59 Å². The van der Waals surface area contributed by atoms with E-state index in [1.165, 1.54) is 77.0 Å². The SMILES string of the molecule is CCCCCCCCCCCCCCCCC(CCCCCCCCCC(C)C)(C(=O)O)C(O)(CC(=O)O)C(=O)O. The lowest BCUT2D eigenvalue weighted by molar-refractivity contribution is -0.196. The van der Waals surface area contributed by atoms with Crippen molar-refractivity contribution in [1.82, 2.24) is 0 Å². The fourth-order valence-corrected chi connectivity index (χ4v) is 6.08. The molecule has 4 N–H and O–H groups in total. The summed E-state index contributed by atoms with van der Waals surface area (Å²) in [6.45, 7) is 6.67. The van der Waals surface area contributed by atoms with Gasteiger partial charge >= 0.3 is 17.9 Å². The maximum Gasteiger partial charge on any atom is 0.337 e. The van der Waals surface area contributed by atoms with Crippen molar-refractivity contribution in [2.75, 3.05) is 0 Å². The van der Waals surface area contributed by atoms with Gasteiger partial charge in [0.05, 0.1) is 6.42 Å². The lowest BCUT2D eigenvalue weighted by Gasteiger charge is -2.41. The number of hydrogen-bond donors (Lipinski definition) is 4. The Bertz CT molecular complexity index is 693. The maximum atomic E-state index is 12.6. The van der Waals surface area contributed by atoms with Crippen LogP contribution in [-0.4, -0.2) is 43.9 Å². The van der Waals surface area contributed by atoms with Gasteiger partial charge in [0.2, 0.25) is 0 Å². The molecule has 0 heterocycles. The van der Waals surface area contributed by atoms with Crippen molar-refractivity contribution in [1.29, 1.82) is 0 Å². The highest BCUT2D eigenvalue weighted by Gasteiger charge is 2.61. The number of carboxylic acids is 3. The molecule has 7 heteroatoms. The normalized spacial score (nSPS) is 14.6. The zero-order chi connectivity index (χ0) is 31.0. The van der Waals surface area contributed by atoms with Crippen LogP contribution in [0.5, 0.6) is 0 Å². The van der Waals surface area contributed by atoms with Gasteiger partial charge in [-0.1, -0.05) is 162 Å². The molecule has 7 nitrogen and oxygen atoms in total. The number of carbonyl (C=O) groups is 3. The summed E-state index contributed by atoms with van der Waals surface area (Å²) in [5.74, 6) is -3.98. The van der Waals surface area contributed by atoms with Crippen molar-refractivity contribution in [3.8, 4) is 0 Å². The summed E-state index contributed by atoms with van der Waals surface area (Å²) in [7, 11) is 0. The minimum absolute atomic E-state index is 0.0361. The average molecular weight is 585 g/mol. The van der Waals surface area contributed by atoms with Gasteiger partial charge in [-0.2, -0.15) is 0 Å². The Morgan fingerprint density at radius 1 is 0.537 bits per heavy atom. The fourth-order valence-electron chi connectivity index (χ4n) is 6.08. The molecule has 0 rings (SSSR count). The van der Waals surface area contributed by atoms with E-state index in [-0.39, 0.29) is 12.8 Å². The maximum absolute atomic E-state index is 12.6. The predicted octanol–water partition coefficient (Wildman–Crippen LogP) is 9.39. The summed E-state index contributed by atoms with van der Waals surface area (Å²) in [6.07, 6.45) is 22.6. The highest BCUT2D eigenvalue weighted by atomic mass is 16.4. The van der Waals surface area contributed by atoms with E-state index in [0.29, 0.717) is 18.8 Å². The van der Waals surface area contributed by atoms with E-state index >= 15 is 0 Å². The number of aliphatic carboxylic acids is 3. The molecule has 0 amide bonds. The summed E-state index contributed by atoms with van der Waals surface area (Å²) in [4.78, 5) is 36.3. The van der Waals surface area contributed by atoms with Gasteiger partial charge in [-0.05, 0) is 18.8 Å². The Hall–Kier alpha value is -1.63. The molecule has 0 saturated carbocycles.